The lowest BCUT2D eigenvalue weighted by atomic mass is 10.2. The van der Waals surface area contributed by atoms with Gasteiger partial charge in [0.05, 0.1) is 6.04 Å². The van der Waals surface area contributed by atoms with Gasteiger partial charge in [0, 0.05) is 20.3 Å². The van der Waals surface area contributed by atoms with E-state index in [1.165, 1.54) is 12.8 Å². The van der Waals surface area contributed by atoms with E-state index in [0.29, 0.717) is 6.04 Å². The van der Waals surface area contributed by atoms with E-state index in [2.05, 4.69) is 21.9 Å². The second kappa shape index (κ2) is 4.14. The van der Waals surface area contributed by atoms with Crippen LogP contribution in [0.2, 0.25) is 0 Å². The summed E-state index contributed by atoms with van der Waals surface area (Å²) in [5, 5.41) is 0. The van der Waals surface area contributed by atoms with Crippen LogP contribution in [0, 0.1) is 0 Å². The molecular formula is C11H18N4. The molecule has 1 aromatic heterocycles. The number of hydrogen-bond acceptors (Lipinski definition) is 4. The van der Waals surface area contributed by atoms with Gasteiger partial charge in [0.2, 0.25) is 0 Å². The van der Waals surface area contributed by atoms with Crippen molar-refractivity contribution in [1.29, 1.82) is 0 Å². The molecule has 0 N–H and O–H groups in total. The summed E-state index contributed by atoms with van der Waals surface area (Å²) in [5.41, 5.74) is 0. The van der Waals surface area contributed by atoms with Gasteiger partial charge in [-0.05, 0) is 32.5 Å². The zero-order valence-corrected chi connectivity index (χ0v) is 9.64. The van der Waals surface area contributed by atoms with E-state index in [1.54, 1.807) is 0 Å². The van der Waals surface area contributed by atoms with Crippen LogP contribution in [0.3, 0.4) is 0 Å². The van der Waals surface area contributed by atoms with E-state index in [0.717, 1.165) is 18.2 Å². The maximum atomic E-state index is 4.58. The molecule has 4 nitrogen and oxygen atoms in total. The molecule has 0 radical (unpaired) electrons. The minimum Gasteiger partial charge on any atom is -0.363 e. The predicted octanol–water partition coefficient (Wildman–Crippen LogP) is 1.31. The molecule has 2 heterocycles. The second-order valence-electron chi connectivity index (χ2n) is 4.31. The molecule has 1 aliphatic heterocycles. The second-order valence-corrected chi connectivity index (χ2v) is 4.31. The van der Waals surface area contributed by atoms with Gasteiger partial charge in [0.1, 0.15) is 11.6 Å². The number of hydrogen-bond donors (Lipinski definition) is 0. The zero-order valence-electron chi connectivity index (χ0n) is 9.64. The Kier molecular flexibility index (Phi) is 2.86. The van der Waals surface area contributed by atoms with Crippen molar-refractivity contribution in [3.63, 3.8) is 0 Å². The molecule has 0 aromatic carbocycles. The summed E-state index contributed by atoms with van der Waals surface area (Å²) in [6, 6.07) is 2.35. The zero-order chi connectivity index (χ0) is 10.8. The minimum atomic E-state index is 0.407. The first-order valence-electron chi connectivity index (χ1n) is 5.39. The van der Waals surface area contributed by atoms with Crippen LogP contribution >= 0.6 is 0 Å². The molecular weight excluding hydrogens is 188 g/mol. The molecule has 0 saturated carbocycles. The number of rotatable bonds is 2. The monoisotopic (exact) mass is 206 g/mol. The predicted molar refractivity (Wildman–Crippen MR) is 61.0 cm³/mol. The number of nitrogens with zero attached hydrogens (tertiary/aromatic N) is 4. The van der Waals surface area contributed by atoms with Crippen LogP contribution < -0.4 is 4.90 Å². The Bertz CT molecular complexity index is 337. The molecule has 82 valence electrons. The van der Waals surface area contributed by atoms with Crippen LogP contribution in [0.4, 0.5) is 5.82 Å². The molecule has 4 heteroatoms. The molecule has 0 spiro atoms. The standard InChI is InChI=1S/C11H18N4/c1-14(2)10-6-7-12-11(13-10)9-5-4-8-15(9)3/h6-7,9H,4-5,8H2,1-3H3/t9-/m0/s1. The van der Waals surface area contributed by atoms with E-state index >= 15 is 0 Å². The Balaban J connectivity index is 2.24. The fourth-order valence-electron chi connectivity index (χ4n) is 2.01. The van der Waals surface area contributed by atoms with Gasteiger partial charge < -0.3 is 4.90 Å². The van der Waals surface area contributed by atoms with Crippen LogP contribution in [-0.2, 0) is 0 Å². The van der Waals surface area contributed by atoms with Crippen molar-refractivity contribution in [1.82, 2.24) is 14.9 Å². The highest BCUT2D eigenvalue weighted by Gasteiger charge is 2.25. The van der Waals surface area contributed by atoms with Crippen LogP contribution in [0.5, 0.6) is 0 Å². The fraction of sp³-hybridized carbons (Fsp3) is 0.636. The van der Waals surface area contributed by atoms with Gasteiger partial charge in [-0.1, -0.05) is 0 Å². The summed E-state index contributed by atoms with van der Waals surface area (Å²) in [6.45, 7) is 1.15. The third-order valence-electron chi connectivity index (χ3n) is 2.94. The van der Waals surface area contributed by atoms with Crippen molar-refractivity contribution in [2.75, 3.05) is 32.6 Å². The molecule has 0 unspecified atom stereocenters. The molecule has 15 heavy (non-hydrogen) atoms. The van der Waals surface area contributed by atoms with Crippen LogP contribution in [0.1, 0.15) is 24.7 Å². The third kappa shape index (κ3) is 2.09. The fourth-order valence-corrected chi connectivity index (χ4v) is 2.01. The summed E-state index contributed by atoms with van der Waals surface area (Å²) in [5.74, 6) is 1.95. The third-order valence-corrected chi connectivity index (χ3v) is 2.94. The van der Waals surface area contributed by atoms with E-state index in [-0.39, 0.29) is 0 Å². The van der Waals surface area contributed by atoms with Crippen molar-refractivity contribution in [2.45, 2.75) is 18.9 Å². The molecule has 1 aromatic rings. The molecule has 1 atom stereocenters. The van der Waals surface area contributed by atoms with Crippen molar-refractivity contribution < 1.29 is 0 Å². The SMILES string of the molecule is CN(C)c1ccnc([C@@H]2CCCN2C)n1. The van der Waals surface area contributed by atoms with Crippen molar-refractivity contribution in [3.8, 4) is 0 Å². The Labute approximate surface area is 90.9 Å². The van der Waals surface area contributed by atoms with Gasteiger partial charge in [0.25, 0.3) is 0 Å². The molecule has 2 rings (SSSR count). The molecule has 1 fully saturated rings. The topological polar surface area (TPSA) is 32.3 Å². The smallest absolute Gasteiger partial charge is 0.147 e. The highest BCUT2D eigenvalue weighted by molar-refractivity contribution is 5.35. The average Bonchev–Trinajstić information content (AvgIpc) is 2.64. The Hall–Kier alpha value is -1.16. The number of aromatic nitrogens is 2. The molecule has 0 aliphatic carbocycles. The van der Waals surface area contributed by atoms with E-state index < -0.39 is 0 Å². The van der Waals surface area contributed by atoms with Crippen LogP contribution in [0.15, 0.2) is 12.3 Å². The Morgan fingerprint density at radius 2 is 2.27 bits per heavy atom. The maximum Gasteiger partial charge on any atom is 0.147 e. The highest BCUT2D eigenvalue weighted by Crippen LogP contribution is 2.28. The van der Waals surface area contributed by atoms with Gasteiger partial charge in [-0.2, -0.15) is 0 Å². The molecule has 1 aliphatic rings. The summed E-state index contributed by atoms with van der Waals surface area (Å²) in [4.78, 5) is 13.3. The van der Waals surface area contributed by atoms with Crippen molar-refractivity contribution in [2.24, 2.45) is 0 Å². The summed E-state index contributed by atoms with van der Waals surface area (Å²) < 4.78 is 0. The van der Waals surface area contributed by atoms with E-state index in [1.807, 2.05) is 31.3 Å². The van der Waals surface area contributed by atoms with E-state index in [9.17, 15) is 0 Å². The van der Waals surface area contributed by atoms with Gasteiger partial charge >= 0.3 is 0 Å². The maximum absolute atomic E-state index is 4.58. The number of likely N-dealkylation sites (tertiary alicyclic amines) is 1. The minimum absolute atomic E-state index is 0.407. The normalized spacial score (nSPS) is 21.9. The lowest BCUT2D eigenvalue weighted by molar-refractivity contribution is 0.305. The quantitative estimate of drug-likeness (QED) is 0.730. The van der Waals surface area contributed by atoms with Gasteiger partial charge in [-0.15, -0.1) is 0 Å². The van der Waals surface area contributed by atoms with Crippen molar-refractivity contribution in [3.05, 3.63) is 18.1 Å². The molecule has 1 saturated heterocycles. The lowest BCUT2D eigenvalue weighted by Gasteiger charge is -2.19. The summed E-state index contributed by atoms with van der Waals surface area (Å²) in [6.07, 6.45) is 4.27. The molecule has 0 amide bonds. The first-order valence-corrected chi connectivity index (χ1v) is 5.39. The van der Waals surface area contributed by atoms with Gasteiger partial charge in [-0.25, -0.2) is 9.97 Å². The first-order chi connectivity index (χ1) is 7.18. The van der Waals surface area contributed by atoms with Crippen LogP contribution in [-0.4, -0.2) is 42.6 Å². The molecule has 0 bridgehead atoms. The number of anilines is 1. The summed E-state index contributed by atoms with van der Waals surface area (Å²) >= 11 is 0. The van der Waals surface area contributed by atoms with Gasteiger partial charge in [-0.3, -0.25) is 4.90 Å². The van der Waals surface area contributed by atoms with Gasteiger partial charge in [0.15, 0.2) is 0 Å². The van der Waals surface area contributed by atoms with Crippen LogP contribution in [0.25, 0.3) is 0 Å². The Morgan fingerprint density at radius 1 is 1.47 bits per heavy atom. The first kappa shape index (κ1) is 10.4. The average molecular weight is 206 g/mol. The Morgan fingerprint density at radius 3 is 2.87 bits per heavy atom. The van der Waals surface area contributed by atoms with E-state index in [4.69, 9.17) is 0 Å². The summed E-state index contributed by atoms with van der Waals surface area (Å²) in [7, 11) is 6.15. The van der Waals surface area contributed by atoms with Crippen molar-refractivity contribution >= 4 is 5.82 Å². The lowest BCUT2D eigenvalue weighted by Crippen LogP contribution is -2.21. The highest BCUT2D eigenvalue weighted by atomic mass is 15.2. The largest absolute Gasteiger partial charge is 0.363 e.